The van der Waals surface area contributed by atoms with Gasteiger partial charge in [0.25, 0.3) is 0 Å². The number of likely N-dealkylation sites (tertiary alicyclic amines) is 2. The van der Waals surface area contributed by atoms with Gasteiger partial charge in [0.05, 0.1) is 15.6 Å². The van der Waals surface area contributed by atoms with Gasteiger partial charge in [-0.1, -0.05) is 36.2 Å². The van der Waals surface area contributed by atoms with Gasteiger partial charge in [-0.25, -0.2) is 4.98 Å². The molecule has 1 saturated carbocycles. The zero-order chi connectivity index (χ0) is 28.8. The van der Waals surface area contributed by atoms with Crippen LogP contribution in [0.5, 0.6) is 0 Å². The fourth-order valence-corrected chi connectivity index (χ4v) is 6.26. The van der Waals surface area contributed by atoms with Gasteiger partial charge in [0.2, 0.25) is 11.8 Å². The minimum absolute atomic E-state index is 0.00762. The number of pyridine rings is 1. The molecule has 216 valence electrons. The minimum atomic E-state index is -4.45. The summed E-state index contributed by atoms with van der Waals surface area (Å²) in [5, 5.41) is 0.877. The Kier molecular flexibility index (Phi) is 8.00. The number of carbonyl (C=O) groups is 2. The Balaban J connectivity index is 1.29. The topological polar surface area (TPSA) is 56.8 Å². The highest BCUT2D eigenvalue weighted by Crippen LogP contribution is 2.47. The summed E-state index contributed by atoms with van der Waals surface area (Å²) in [5.74, 6) is 0.538. The van der Waals surface area contributed by atoms with Crippen molar-refractivity contribution in [3.8, 4) is 0 Å². The van der Waals surface area contributed by atoms with E-state index in [0.717, 1.165) is 30.7 Å². The molecule has 1 aromatic heterocycles. The van der Waals surface area contributed by atoms with Crippen LogP contribution < -0.4 is 4.90 Å². The first-order valence-electron chi connectivity index (χ1n) is 13.6. The molecule has 0 bridgehead atoms. The molecule has 40 heavy (non-hydrogen) atoms. The first-order chi connectivity index (χ1) is 18.9. The third-order valence-corrected chi connectivity index (χ3v) is 9.49. The Bertz CT molecular complexity index is 1260. The van der Waals surface area contributed by atoms with Gasteiger partial charge < -0.3 is 14.7 Å². The van der Waals surface area contributed by atoms with E-state index in [4.69, 9.17) is 23.2 Å². The summed E-state index contributed by atoms with van der Waals surface area (Å²) in [6.07, 6.45) is -0.440. The minimum Gasteiger partial charge on any atom is -0.359 e. The highest BCUT2D eigenvalue weighted by molar-refractivity contribution is 6.42. The largest absolute Gasteiger partial charge is 0.417 e. The number of piperidine rings is 1. The molecule has 2 amide bonds. The third-order valence-electron chi connectivity index (χ3n) is 8.75. The zero-order valence-corrected chi connectivity index (χ0v) is 24.1. The van der Waals surface area contributed by atoms with E-state index >= 15 is 0 Å². The molecule has 3 aliphatic rings. The monoisotopic (exact) mass is 596 g/mol. The van der Waals surface area contributed by atoms with Crippen molar-refractivity contribution in [3.63, 3.8) is 0 Å². The van der Waals surface area contributed by atoms with Crippen LogP contribution in [-0.2, 0) is 15.8 Å². The lowest BCUT2D eigenvalue weighted by molar-refractivity contribution is -0.142. The number of carbonyl (C=O) groups excluding carboxylic acids is 2. The summed E-state index contributed by atoms with van der Waals surface area (Å²) in [7, 11) is 1.79. The maximum absolute atomic E-state index is 13.7. The second-order valence-corrected chi connectivity index (χ2v) is 12.5. The summed E-state index contributed by atoms with van der Waals surface area (Å²) < 4.78 is 39.0. The number of hydrogen-bond donors (Lipinski definition) is 0. The molecular formula is C29H33Cl2F3N4O2. The van der Waals surface area contributed by atoms with E-state index in [1.54, 1.807) is 13.1 Å². The maximum Gasteiger partial charge on any atom is 0.417 e. The van der Waals surface area contributed by atoms with Gasteiger partial charge in [-0.05, 0) is 55.5 Å². The maximum atomic E-state index is 13.7. The van der Waals surface area contributed by atoms with E-state index in [9.17, 15) is 22.8 Å². The predicted octanol–water partition coefficient (Wildman–Crippen LogP) is 6.12. The van der Waals surface area contributed by atoms with Gasteiger partial charge in [0.15, 0.2) is 0 Å². The Morgan fingerprint density at radius 3 is 2.33 bits per heavy atom. The first-order valence-corrected chi connectivity index (χ1v) is 14.4. The van der Waals surface area contributed by atoms with Crippen molar-refractivity contribution < 1.29 is 22.8 Å². The van der Waals surface area contributed by atoms with Gasteiger partial charge >= 0.3 is 6.18 Å². The normalized spacial score (nSPS) is 22.9. The summed E-state index contributed by atoms with van der Waals surface area (Å²) in [5.41, 5.74) is -0.0448. The second-order valence-electron chi connectivity index (χ2n) is 11.7. The number of aromatic nitrogens is 1. The van der Waals surface area contributed by atoms with E-state index in [2.05, 4.69) is 4.98 Å². The smallest absolute Gasteiger partial charge is 0.359 e. The first kappa shape index (κ1) is 29.0. The predicted molar refractivity (Wildman–Crippen MR) is 148 cm³/mol. The van der Waals surface area contributed by atoms with Crippen molar-refractivity contribution >= 4 is 40.8 Å². The molecule has 2 aromatic rings. The molecule has 1 aromatic carbocycles. The van der Waals surface area contributed by atoms with Crippen LogP contribution in [0.25, 0.3) is 0 Å². The number of nitrogens with zero attached hydrogens (tertiary/aromatic N) is 4. The number of amides is 2. The van der Waals surface area contributed by atoms with Crippen LogP contribution in [0, 0.1) is 17.3 Å². The number of benzene rings is 1. The third kappa shape index (κ3) is 6.05. The second kappa shape index (κ2) is 11.0. The Morgan fingerprint density at radius 2 is 1.75 bits per heavy atom. The van der Waals surface area contributed by atoms with Gasteiger partial charge in [-0.2, -0.15) is 13.2 Å². The Morgan fingerprint density at radius 1 is 1.05 bits per heavy atom. The molecule has 5 rings (SSSR count). The van der Waals surface area contributed by atoms with Crippen LogP contribution in [0.4, 0.5) is 19.0 Å². The van der Waals surface area contributed by atoms with Crippen molar-refractivity contribution in [2.24, 2.45) is 17.3 Å². The van der Waals surface area contributed by atoms with Crippen molar-refractivity contribution in [2.75, 3.05) is 44.7 Å². The highest BCUT2D eigenvalue weighted by atomic mass is 35.5. The molecule has 11 heteroatoms. The van der Waals surface area contributed by atoms with Crippen LogP contribution >= 0.6 is 23.2 Å². The molecule has 0 N–H and O–H groups in total. The quantitative estimate of drug-likeness (QED) is 0.403. The van der Waals surface area contributed by atoms with Crippen LogP contribution in [0.1, 0.15) is 49.7 Å². The fraction of sp³-hybridized carbons (Fsp3) is 0.552. The average Bonchev–Trinajstić information content (AvgIpc) is 3.55. The van der Waals surface area contributed by atoms with Crippen molar-refractivity contribution in [2.45, 2.75) is 44.7 Å². The van der Waals surface area contributed by atoms with Crippen molar-refractivity contribution in [3.05, 3.63) is 57.7 Å². The lowest BCUT2D eigenvalue weighted by Gasteiger charge is -2.34. The van der Waals surface area contributed by atoms with E-state index in [-0.39, 0.29) is 35.0 Å². The number of anilines is 1. The lowest BCUT2D eigenvalue weighted by atomic mass is 9.88. The number of halogens is 5. The van der Waals surface area contributed by atoms with Crippen LogP contribution in [-0.4, -0.2) is 66.4 Å². The standard InChI is InChI=1S/C29H33Cl2F3N4O2/c1-28(9-10-28)27(40)37-11-7-18(8-12-37)26(39)38-16-20(22(17-38)19-3-5-23(30)24(31)13-19)15-36(2)25-6-4-21(14-35-25)29(32,33)34/h3-6,13-14,18,20,22H,7-12,15-17H2,1-2H3/t20?,22-/m1/s1. The van der Waals surface area contributed by atoms with Crippen LogP contribution in [0.2, 0.25) is 10.0 Å². The van der Waals surface area contributed by atoms with E-state index < -0.39 is 11.7 Å². The molecule has 0 radical (unpaired) electrons. The molecular weight excluding hydrogens is 564 g/mol. The van der Waals surface area contributed by atoms with Crippen molar-refractivity contribution in [1.29, 1.82) is 0 Å². The average molecular weight is 598 g/mol. The van der Waals surface area contributed by atoms with Crippen molar-refractivity contribution in [1.82, 2.24) is 14.8 Å². The van der Waals surface area contributed by atoms with Gasteiger partial charge in [-0.15, -0.1) is 0 Å². The van der Waals surface area contributed by atoms with E-state index in [0.29, 0.717) is 61.4 Å². The molecule has 2 aliphatic heterocycles. The Hall–Kier alpha value is -2.52. The molecule has 0 spiro atoms. The van der Waals surface area contributed by atoms with Gasteiger partial charge in [-0.3, -0.25) is 9.59 Å². The summed E-state index contributed by atoms with van der Waals surface area (Å²) in [6, 6.07) is 7.88. The highest BCUT2D eigenvalue weighted by Gasteiger charge is 2.48. The lowest BCUT2D eigenvalue weighted by Crippen LogP contribution is -2.46. The SMILES string of the molecule is CN(CC1CN(C(=O)C2CCN(C(=O)C3(C)CC3)CC2)C[C@@H]1c1ccc(Cl)c(Cl)c1)c1ccc(C(F)(F)F)cn1. The van der Waals surface area contributed by atoms with E-state index in [1.165, 1.54) is 6.07 Å². The fourth-order valence-electron chi connectivity index (χ4n) is 5.95. The molecule has 3 heterocycles. The summed E-state index contributed by atoms with van der Waals surface area (Å²) in [4.78, 5) is 36.1. The van der Waals surface area contributed by atoms with Crippen LogP contribution in [0.15, 0.2) is 36.5 Å². The Labute approximate surface area is 242 Å². The molecule has 6 nitrogen and oxygen atoms in total. The van der Waals surface area contributed by atoms with Crippen LogP contribution in [0.3, 0.4) is 0 Å². The molecule has 2 saturated heterocycles. The number of alkyl halides is 3. The zero-order valence-electron chi connectivity index (χ0n) is 22.6. The summed E-state index contributed by atoms with van der Waals surface area (Å²) >= 11 is 12.5. The van der Waals surface area contributed by atoms with Gasteiger partial charge in [0, 0.05) is 69.1 Å². The number of rotatable bonds is 6. The number of hydrogen-bond acceptors (Lipinski definition) is 4. The summed E-state index contributed by atoms with van der Waals surface area (Å²) in [6.45, 7) is 4.70. The molecule has 3 fully saturated rings. The van der Waals surface area contributed by atoms with E-state index in [1.807, 2.05) is 33.8 Å². The van der Waals surface area contributed by atoms with Gasteiger partial charge in [0.1, 0.15) is 5.82 Å². The molecule has 1 aliphatic carbocycles. The molecule has 1 unspecified atom stereocenters. The molecule has 2 atom stereocenters.